The fraction of sp³-hybridized carbons (Fsp3) is 0.312. The van der Waals surface area contributed by atoms with Crippen molar-refractivity contribution in [2.75, 3.05) is 24.2 Å². The van der Waals surface area contributed by atoms with Gasteiger partial charge < -0.3 is 4.90 Å². The summed E-state index contributed by atoms with van der Waals surface area (Å²) in [5.41, 5.74) is 2.17. The summed E-state index contributed by atoms with van der Waals surface area (Å²) >= 11 is 5.02. The number of rotatable bonds is 4. The lowest BCUT2D eigenvalue weighted by Gasteiger charge is -2.18. The van der Waals surface area contributed by atoms with Gasteiger partial charge in [-0.25, -0.2) is 8.42 Å². The summed E-state index contributed by atoms with van der Waals surface area (Å²) in [6.07, 6.45) is 1.83. The van der Waals surface area contributed by atoms with Crippen LogP contribution in [-0.2, 0) is 23.0 Å². The van der Waals surface area contributed by atoms with Crippen LogP contribution >= 0.6 is 27.3 Å². The van der Waals surface area contributed by atoms with Crippen LogP contribution in [0.5, 0.6) is 0 Å². The third kappa shape index (κ3) is 3.50. The highest BCUT2D eigenvalue weighted by atomic mass is 79.9. The van der Waals surface area contributed by atoms with Gasteiger partial charge in [0.15, 0.2) is 0 Å². The van der Waals surface area contributed by atoms with Gasteiger partial charge in [0.2, 0.25) is 10.0 Å². The minimum absolute atomic E-state index is 0.0693. The Hall–Kier alpha value is -1.38. The molecule has 1 aromatic carbocycles. The highest BCUT2D eigenvalue weighted by Gasteiger charge is 2.27. The second-order valence-electron chi connectivity index (χ2n) is 5.80. The summed E-state index contributed by atoms with van der Waals surface area (Å²) < 4.78 is 26.0. The number of fused-ring (bicyclic) bond motifs is 1. The molecular formula is C16H17BrN2O3S2. The molecule has 1 aliphatic rings. The monoisotopic (exact) mass is 428 g/mol. The summed E-state index contributed by atoms with van der Waals surface area (Å²) in [6.45, 7) is 0.979. The summed E-state index contributed by atoms with van der Waals surface area (Å²) in [5.74, 6) is -0.0693. The Morgan fingerprint density at radius 1 is 1.33 bits per heavy atom. The number of hydrogen-bond acceptors (Lipinski definition) is 4. The number of nitrogens with zero attached hydrogens (tertiary/aromatic N) is 2. The van der Waals surface area contributed by atoms with E-state index >= 15 is 0 Å². The predicted molar refractivity (Wildman–Crippen MR) is 100 cm³/mol. The van der Waals surface area contributed by atoms with Crippen molar-refractivity contribution in [1.29, 1.82) is 0 Å². The van der Waals surface area contributed by atoms with Gasteiger partial charge in [-0.2, -0.15) is 0 Å². The van der Waals surface area contributed by atoms with Gasteiger partial charge in [0.1, 0.15) is 0 Å². The Kier molecular flexibility index (Phi) is 4.72. The second-order valence-corrected chi connectivity index (χ2v) is 10.3. The van der Waals surface area contributed by atoms with E-state index in [0.717, 1.165) is 14.2 Å². The molecule has 1 aliphatic heterocycles. The molecule has 2 aromatic rings. The average Bonchev–Trinajstić information content (AvgIpc) is 3.11. The van der Waals surface area contributed by atoms with Crippen LogP contribution in [-0.4, -0.2) is 39.1 Å². The molecular weight excluding hydrogens is 412 g/mol. The van der Waals surface area contributed by atoms with Gasteiger partial charge in [0, 0.05) is 24.0 Å². The van der Waals surface area contributed by atoms with E-state index in [9.17, 15) is 13.2 Å². The minimum atomic E-state index is -3.27. The van der Waals surface area contributed by atoms with Crippen LogP contribution < -0.4 is 4.31 Å². The van der Waals surface area contributed by atoms with Crippen molar-refractivity contribution >= 4 is 48.9 Å². The Bertz CT molecular complexity index is 892. The predicted octanol–water partition coefficient (Wildman–Crippen LogP) is 3.10. The van der Waals surface area contributed by atoms with E-state index < -0.39 is 10.0 Å². The first kappa shape index (κ1) is 17.4. The van der Waals surface area contributed by atoms with Crippen LogP contribution in [0.3, 0.4) is 0 Å². The highest BCUT2D eigenvalue weighted by Crippen LogP contribution is 2.31. The lowest BCUT2D eigenvalue weighted by molar-refractivity contribution is 0.0786. The molecule has 1 aromatic heterocycles. The van der Waals surface area contributed by atoms with Crippen molar-refractivity contribution in [3.05, 3.63) is 50.1 Å². The third-order valence-corrected chi connectivity index (χ3v) is 6.74. The molecule has 0 spiro atoms. The number of hydrogen-bond donors (Lipinski definition) is 0. The molecule has 24 heavy (non-hydrogen) atoms. The molecule has 0 fully saturated rings. The standard InChI is InChI=1S/C16H17BrN2O3S2/c1-18(10-13-4-6-15(17)23-13)16(20)12-3-5-14-11(9-12)7-8-19(14)24(2,21)22/h3-6,9H,7-8,10H2,1-2H3. The van der Waals surface area contributed by atoms with E-state index in [-0.39, 0.29) is 5.91 Å². The number of thiophene rings is 1. The Balaban J connectivity index is 1.79. The lowest BCUT2D eigenvalue weighted by atomic mass is 10.1. The Labute approximate surface area is 154 Å². The van der Waals surface area contributed by atoms with Crippen molar-refractivity contribution in [1.82, 2.24) is 4.90 Å². The van der Waals surface area contributed by atoms with Crippen molar-refractivity contribution in [3.63, 3.8) is 0 Å². The molecule has 2 heterocycles. The number of halogens is 1. The van der Waals surface area contributed by atoms with Gasteiger partial charge in [-0.3, -0.25) is 9.10 Å². The maximum absolute atomic E-state index is 12.6. The smallest absolute Gasteiger partial charge is 0.253 e. The van der Waals surface area contributed by atoms with E-state index in [2.05, 4.69) is 15.9 Å². The van der Waals surface area contributed by atoms with Crippen LogP contribution in [0.1, 0.15) is 20.8 Å². The maximum atomic E-state index is 12.6. The maximum Gasteiger partial charge on any atom is 0.253 e. The zero-order chi connectivity index (χ0) is 17.5. The van der Waals surface area contributed by atoms with Crippen LogP contribution in [0.25, 0.3) is 0 Å². The number of carbonyl (C=O) groups excluding carboxylic acids is 1. The fourth-order valence-electron chi connectivity index (χ4n) is 2.81. The largest absolute Gasteiger partial charge is 0.337 e. The third-order valence-electron chi connectivity index (χ3n) is 3.95. The van der Waals surface area contributed by atoms with Gasteiger partial charge in [-0.1, -0.05) is 0 Å². The van der Waals surface area contributed by atoms with E-state index in [1.165, 1.54) is 10.6 Å². The summed E-state index contributed by atoms with van der Waals surface area (Å²) in [6, 6.07) is 9.19. The van der Waals surface area contributed by atoms with E-state index in [1.54, 1.807) is 35.4 Å². The van der Waals surface area contributed by atoms with Crippen molar-refractivity contribution in [2.45, 2.75) is 13.0 Å². The second kappa shape index (κ2) is 6.50. The molecule has 1 amide bonds. The molecule has 0 saturated carbocycles. The number of carbonyl (C=O) groups is 1. The normalized spacial score (nSPS) is 13.9. The molecule has 0 N–H and O–H groups in total. The zero-order valence-electron chi connectivity index (χ0n) is 13.3. The Morgan fingerprint density at radius 2 is 2.08 bits per heavy atom. The highest BCUT2D eigenvalue weighted by molar-refractivity contribution is 9.11. The SMILES string of the molecule is CN(Cc1ccc(Br)s1)C(=O)c1ccc2c(c1)CCN2S(C)(=O)=O. The van der Waals surface area contributed by atoms with Crippen molar-refractivity contribution in [3.8, 4) is 0 Å². The van der Waals surface area contributed by atoms with Crippen molar-refractivity contribution in [2.24, 2.45) is 0 Å². The summed E-state index contributed by atoms with van der Waals surface area (Å²) in [7, 11) is -1.50. The molecule has 3 rings (SSSR count). The van der Waals surface area contributed by atoms with E-state index in [4.69, 9.17) is 0 Å². The van der Waals surface area contributed by atoms with Gasteiger partial charge in [-0.15, -0.1) is 11.3 Å². The van der Waals surface area contributed by atoms with Gasteiger partial charge >= 0.3 is 0 Å². The van der Waals surface area contributed by atoms with Gasteiger partial charge in [0.25, 0.3) is 5.91 Å². The van der Waals surface area contributed by atoms with Gasteiger partial charge in [-0.05, 0) is 58.2 Å². The van der Waals surface area contributed by atoms with Gasteiger partial charge in [0.05, 0.1) is 22.3 Å². The molecule has 0 bridgehead atoms. The zero-order valence-corrected chi connectivity index (χ0v) is 16.5. The summed E-state index contributed by atoms with van der Waals surface area (Å²) in [4.78, 5) is 15.4. The lowest BCUT2D eigenvalue weighted by Crippen LogP contribution is -2.27. The molecule has 8 heteroatoms. The average molecular weight is 429 g/mol. The molecule has 0 unspecified atom stereocenters. The van der Waals surface area contributed by atoms with Crippen LogP contribution in [0.15, 0.2) is 34.1 Å². The summed E-state index contributed by atoms with van der Waals surface area (Å²) in [5, 5.41) is 0. The molecule has 0 aliphatic carbocycles. The first-order valence-corrected chi connectivity index (χ1v) is 10.8. The van der Waals surface area contributed by atoms with Crippen molar-refractivity contribution < 1.29 is 13.2 Å². The van der Waals surface area contributed by atoms with E-state index in [1.807, 2.05) is 18.2 Å². The molecule has 0 radical (unpaired) electrons. The topological polar surface area (TPSA) is 57.7 Å². The fourth-order valence-corrected chi connectivity index (χ4v) is 5.31. The molecule has 0 saturated heterocycles. The molecule has 0 atom stereocenters. The number of benzene rings is 1. The quantitative estimate of drug-likeness (QED) is 0.751. The first-order valence-electron chi connectivity index (χ1n) is 7.36. The number of anilines is 1. The van der Waals surface area contributed by atoms with Crippen LogP contribution in [0.2, 0.25) is 0 Å². The van der Waals surface area contributed by atoms with E-state index in [0.29, 0.717) is 30.8 Å². The van der Waals surface area contributed by atoms with Crippen LogP contribution in [0.4, 0.5) is 5.69 Å². The molecule has 128 valence electrons. The minimum Gasteiger partial charge on any atom is -0.337 e. The van der Waals surface area contributed by atoms with Crippen LogP contribution in [0, 0.1) is 0 Å². The number of amides is 1. The Morgan fingerprint density at radius 3 is 2.71 bits per heavy atom. The number of sulfonamides is 1. The first-order chi connectivity index (χ1) is 11.3. The molecule has 5 nitrogen and oxygen atoms in total.